The molecule has 0 spiro atoms. The summed E-state index contributed by atoms with van der Waals surface area (Å²) in [6.07, 6.45) is 3.73. The lowest BCUT2D eigenvalue weighted by atomic mass is 10.1. The van der Waals surface area contributed by atoms with Crippen LogP contribution < -0.4 is 4.31 Å². The first kappa shape index (κ1) is 9.23. The molecule has 2 rings (SSSR count). The van der Waals surface area contributed by atoms with Crippen LogP contribution in [0.3, 0.4) is 0 Å². The lowest BCUT2D eigenvalue weighted by molar-refractivity contribution is 0.482. The molecule has 74 valence electrons. The van der Waals surface area contributed by atoms with Crippen LogP contribution in [0.2, 0.25) is 0 Å². The molecule has 1 heterocycles. The zero-order valence-corrected chi connectivity index (χ0v) is 8.11. The average Bonchev–Trinajstić information content (AvgIpc) is 2.15. The second kappa shape index (κ2) is 3.11. The third kappa shape index (κ3) is 1.51. The van der Waals surface area contributed by atoms with Crippen molar-refractivity contribution >= 4 is 16.0 Å². The van der Waals surface area contributed by atoms with Crippen molar-refractivity contribution in [1.82, 2.24) is 0 Å². The Bertz CT molecular complexity index is 479. The molecule has 0 fully saturated rings. The molecule has 1 aromatic carbocycles. The van der Waals surface area contributed by atoms with Gasteiger partial charge in [0, 0.05) is 6.20 Å². The molecule has 0 bridgehead atoms. The largest absolute Gasteiger partial charge is 0.363 e. The standard InChI is InChI=1S/C9H9NO3S/c11-14(12,13)10-7-3-5-8-4-1-2-6-9(8)10/h1-4,6-7H,5H2,(H,11,12,13). The van der Waals surface area contributed by atoms with Gasteiger partial charge >= 0.3 is 10.3 Å². The predicted octanol–water partition coefficient (Wildman–Crippen LogP) is 1.37. The van der Waals surface area contributed by atoms with Gasteiger partial charge in [0.15, 0.2) is 0 Å². The normalized spacial score (nSPS) is 15.4. The number of allylic oxidation sites excluding steroid dienone is 1. The van der Waals surface area contributed by atoms with Gasteiger partial charge in [-0.05, 0) is 18.1 Å². The maximum atomic E-state index is 11.0. The van der Waals surface area contributed by atoms with Gasteiger partial charge in [-0.1, -0.05) is 24.3 Å². The van der Waals surface area contributed by atoms with Gasteiger partial charge < -0.3 is 0 Å². The molecular formula is C9H9NO3S. The molecule has 1 aliphatic heterocycles. The molecule has 0 amide bonds. The molecular weight excluding hydrogens is 202 g/mol. The molecule has 14 heavy (non-hydrogen) atoms. The van der Waals surface area contributed by atoms with Gasteiger partial charge in [-0.3, -0.25) is 4.55 Å². The first-order valence-electron chi connectivity index (χ1n) is 4.10. The molecule has 0 aromatic heterocycles. The maximum absolute atomic E-state index is 11.0. The number of para-hydroxylation sites is 1. The summed E-state index contributed by atoms with van der Waals surface area (Å²) in [5, 5.41) is 0. The Hall–Kier alpha value is -1.33. The van der Waals surface area contributed by atoms with Crippen molar-refractivity contribution in [2.75, 3.05) is 4.31 Å². The molecule has 1 aliphatic rings. The van der Waals surface area contributed by atoms with Gasteiger partial charge in [0.25, 0.3) is 0 Å². The minimum Gasteiger partial charge on any atom is -0.269 e. The Kier molecular flexibility index (Phi) is 2.05. The van der Waals surface area contributed by atoms with E-state index in [0.717, 1.165) is 9.87 Å². The van der Waals surface area contributed by atoms with Crippen molar-refractivity contribution in [1.29, 1.82) is 0 Å². The molecule has 1 aromatic rings. The molecule has 5 heteroatoms. The molecule has 0 unspecified atom stereocenters. The summed E-state index contributed by atoms with van der Waals surface area (Å²) >= 11 is 0. The first-order chi connectivity index (χ1) is 6.59. The third-order valence-electron chi connectivity index (χ3n) is 2.06. The van der Waals surface area contributed by atoms with Crippen molar-refractivity contribution in [3.63, 3.8) is 0 Å². The summed E-state index contributed by atoms with van der Waals surface area (Å²) in [7, 11) is -4.19. The molecule has 4 nitrogen and oxygen atoms in total. The number of fused-ring (bicyclic) bond motifs is 1. The first-order valence-corrected chi connectivity index (χ1v) is 5.50. The van der Waals surface area contributed by atoms with Crippen molar-refractivity contribution in [3.05, 3.63) is 42.1 Å². The highest BCUT2D eigenvalue weighted by Gasteiger charge is 2.21. The Morgan fingerprint density at radius 2 is 2.00 bits per heavy atom. The van der Waals surface area contributed by atoms with Crippen molar-refractivity contribution < 1.29 is 13.0 Å². The van der Waals surface area contributed by atoms with Crippen LogP contribution >= 0.6 is 0 Å². The number of anilines is 1. The van der Waals surface area contributed by atoms with Crippen molar-refractivity contribution in [3.8, 4) is 0 Å². The fourth-order valence-corrected chi connectivity index (χ4v) is 2.12. The fraction of sp³-hybridized carbons (Fsp3) is 0.111. The zero-order chi connectivity index (χ0) is 10.2. The second-order valence-corrected chi connectivity index (χ2v) is 4.28. The van der Waals surface area contributed by atoms with Crippen LogP contribution in [0.15, 0.2) is 36.5 Å². The van der Waals surface area contributed by atoms with Crippen LogP contribution in [0.5, 0.6) is 0 Å². The summed E-state index contributed by atoms with van der Waals surface area (Å²) in [4.78, 5) is 0. The van der Waals surface area contributed by atoms with Crippen molar-refractivity contribution in [2.24, 2.45) is 0 Å². The number of rotatable bonds is 1. The highest BCUT2D eigenvalue weighted by atomic mass is 32.2. The van der Waals surface area contributed by atoms with E-state index in [-0.39, 0.29) is 0 Å². The predicted molar refractivity (Wildman–Crippen MR) is 53.3 cm³/mol. The maximum Gasteiger partial charge on any atom is 0.363 e. The lowest BCUT2D eigenvalue weighted by Gasteiger charge is -2.22. The van der Waals surface area contributed by atoms with Crippen LogP contribution in [-0.4, -0.2) is 13.0 Å². The summed E-state index contributed by atoms with van der Waals surface area (Å²) in [6.45, 7) is 0. The third-order valence-corrected chi connectivity index (χ3v) is 2.87. The summed E-state index contributed by atoms with van der Waals surface area (Å²) in [6, 6.07) is 7.06. The SMILES string of the molecule is O=S(=O)(O)N1C=CCc2ccccc21. The van der Waals surface area contributed by atoms with E-state index in [2.05, 4.69) is 0 Å². The van der Waals surface area contributed by atoms with Crippen molar-refractivity contribution in [2.45, 2.75) is 6.42 Å². The monoisotopic (exact) mass is 211 g/mol. The van der Waals surface area contributed by atoms with E-state index < -0.39 is 10.3 Å². The zero-order valence-electron chi connectivity index (χ0n) is 7.29. The Morgan fingerprint density at radius 3 is 2.71 bits per heavy atom. The summed E-state index contributed by atoms with van der Waals surface area (Å²) in [5.41, 5.74) is 1.39. The minimum absolute atomic E-state index is 0.512. The number of benzene rings is 1. The van der Waals surface area contributed by atoms with Gasteiger partial charge in [-0.25, -0.2) is 4.31 Å². The molecule has 0 radical (unpaired) electrons. The number of hydrogen-bond acceptors (Lipinski definition) is 2. The summed E-state index contributed by atoms with van der Waals surface area (Å²) < 4.78 is 31.8. The Labute approximate surface area is 82.4 Å². The Morgan fingerprint density at radius 1 is 1.29 bits per heavy atom. The van der Waals surface area contributed by atoms with E-state index in [1.54, 1.807) is 18.2 Å². The average molecular weight is 211 g/mol. The van der Waals surface area contributed by atoms with Gasteiger partial charge in [-0.15, -0.1) is 0 Å². The van der Waals surface area contributed by atoms with E-state index >= 15 is 0 Å². The molecule has 1 N–H and O–H groups in total. The molecule has 0 aliphatic carbocycles. The highest BCUT2D eigenvalue weighted by molar-refractivity contribution is 7.87. The van der Waals surface area contributed by atoms with E-state index in [1.165, 1.54) is 6.20 Å². The van der Waals surface area contributed by atoms with Gasteiger partial charge in [0.2, 0.25) is 0 Å². The topological polar surface area (TPSA) is 57.6 Å². The minimum atomic E-state index is -4.19. The smallest absolute Gasteiger partial charge is 0.269 e. The number of hydrogen-bond donors (Lipinski definition) is 1. The summed E-state index contributed by atoms with van der Waals surface area (Å²) in [5.74, 6) is 0. The van der Waals surface area contributed by atoms with Crippen LogP contribution in [0.1, 0.15) is 5.56 Å². The Balaban J connectivity index is 2.57. The molecule has 0 saturated heterocycles. The molecule has 0 saturated carbocycles. The van der Waals surface area contributed by atoms with E-state index in [1.807, 2.05) is 12.1 Å². The molecule has 0 atom stereocenters. The fourth-order valence-electron chi connectivity index (χ4n) is 1.46. The van der Waals surface area contributed by atoms with Crippen LogP contribution in [-0.2, 0) is 16.7 Å². The quantitative estimate of drug-likeness (QED) is 0.714. The highest BCUT2D eigenvalue weighted by Crippen LogP contribution is 2.26. The van der Waals surface area contributed by atoms with Gasteiger partial charge in [0.1, 0.15) is 0 Å². The van der Waals surface area contributed by atoms with E-state index in [0.29, 0.717) is 12.1 Å². The number of nitrogens with zero attached hydrogens (tertiary/aromatic N) is 1. The van der Waals surface area contributed by atoms with E-state index in [4.69, 9.17) is 4.55 Å². The van der Waals surface area contributed by atoms with Crippen LogP contribution in [0.4, 0.5) is 5.69 Å². The van der Waals surface area contributed by atoms with E-state index in [9.17, 15) is 8.42 Å². The van der Waals surface area contributed by atoms with Gasteiger partial charge in [-0.2, -0.15) is 8.42 Å². The van der Waals surface area contributed by atoms with Gasteiger partial charge in [0.05, 0.1) is 5.69 Å². The van der Waals surface area contributed by atoms with Crippen LogP contribution in [0, 0.1) is 0 Å². The lowest BCUT2D eigenvalue weighted by Crippen LogP contribution is -2.27. The second-order valence-electron chi connectivity index (χ2n) is 2.99. The van der Waals surface area contributed by atoms with Crippen LogP contribution in [0.25, 0.3) is 0 Å².